The molecule has 1 saturated heterocycles. The maximum Gasteiger partial charge on any atom is 0.222 e. The quantitative estimate of drug-likeness (QED) is 0.645. The topological polar surface area (TPSA) is 53.6 Å². The maximum atomic E-state index is 11.6. The van der Waals surface area contributed by atoms with Crippen LogP contribution in [0.2, 0.25) is 0 Å². The summed E-state index contributed by atoms with van der Waals surface area (Å²) >= 11 is 0. The zero-order chi connectivity index (χ0) is 15.0. The van der Waals surface area contributed by atoms with Crippen molar-refractivity contribution >= 4 is 5.91 Å². The Bertz CT molecular complexity index is 282. The molecule has 1 aliphatic heterocycles. The van der Waals surface area contributed by atoms with Crippen molar-refractivity contribution in [1.29, 1.82) is 0 Å². The predicted octanol–water partition coefficient (Wildman–Crippen LogP) is 0.705. The smallest absolute Gasteiger partial charge is 0.222 e. The number of nitrogens with one attached hydrogen (secondary N) is 2. The number of carbonyl (C=O) groups excluding carboxylic acids is 1. The lowest BCUT2D eigenvalue weighted by Gasteiger charge is -2.33. The first-order chi connectivity index (χ1) is 9.49. The average Bonchev–Trinajstić information content (AvgIpc) is 2.41. The van der Waals surface area contributed by atoms with Gasteiger partial charge in [0.25, 0.3) is 0 Å². The Hall–Kier alpha value is -0.650. The molecule has 5 heteroatoms. The molecule has 0 aromatic carbocycles. The molecule has 118 valence electrons. The van der Waals surface area contributed by atoms with Crippen LogP contribution < -0.4 is 10.6 Å². The number of amides is 1. The molecule has 0 bridgehead atoms. The van der Waals surface area contributed by atoms with Crippen molar-refractivity contribution in [3.8, 4) is 0 Å². The highest BCUT2D eigenvalue weighted by molar-refractivity contribution is 5.77. The van der Waals surface area contributed by atoms with Crippen molar-refractivity contribution < 1.29 is 9.53 Å². The highest BCUT2D eigenvalue weighted by atomic mass is 16.5. The summed E-state index contributed by atoms with van der Waals surface area (Å²) in [6.45, 7) is 14.6. The van der Waals surface area contributed by atoms with Gasteiger partial charge in [-0.05, 0) is 12.5 Å². The summed E-state index contributed by atoms with van der Waals surface area (Å²) in [6, 6.07) is 0. The molecule has 5 nitrogen and oxygen atoms in total. The van der Waals surface area contributed by atoms with Gasteiger partial charge >= 0.3 is 0 Å². The van der Waals surface area contributed by atoms with Crippen LogP contribution in [-0.4, -0.2) is 62.8 Å². The molecule has 1 aliphatic rings. The van der Waals surface area contributed by atoms with Crippen LogP contribution in [-0.2, 0) is 9.53 Å². The molecule has 1 amide bonds. The Morgan fingerprint density at radius 2 is 2.10 bits per heavy atom. The zero-order valence-electron chi connectivity index (χ0n) is 13.4. The molecule has 0 spiro atoms. The normalized spacial score (nSPS) is 20.6. The van der Waals surface area contributed by atoms with Crippen molar-refractivity contribution in [2.45, 2.75) is 33.8 Å². The van der Waals surface area contributed by atoms with Crippen LogP contribution in [0.4, 0.5) is 0 Å². The molecule has 20 heavy (non-hydrogen) atoms. The Morgan fingerprint density at radius 3 is 2.75 bits per heavy atom. The molecule has 0 radical (unpaired) electrons. The van der Waals surface area contributed by atoms with Gasteiger partial charge in [-0.2, -0.15) is 0 Å². The first-order valence-electron chi connectivity index (χ1n) is 7.81. The summed E-state index contributed by atoms with van der Waals surface area (Å²) in [4.78, 5) is 14.0. The molecule has 0 aliphatic carbocycles. The van der Waals surface area contributed by atoms with Gasteiger partial charge in [0, 0.05) is 38.6 Å². The first kappa shape index (κ1) is 17.4. The summed E-state index contributed by atoms with van der Waals surface area (Å²) in [5, 5.41) is 6.41. The van der Waals surface area contributed by atoms with E-state index in [4.69, 9.17) is 4.74 Å². The number of morpholine rings is 1. The molecule has 1 atom stereocenters. The summed E-state index contributed by atoms with van der Waals surface area (Å²) in [5.74, 6) is 0.831. The minimum absolute atomic E-state index is 0.0370. The zero-order valence-corrected chi connectivity index (χ0v) is 13.4. The van der Waals surface area contributed by atoms with Crippen molar-refractivity contribution in [2.24, 2.45) is 11.8 Å². The summed E-state index contributed by atoms with van der Waals surface area (Å²) in [6.07, 6.45) is 0.122. The molecule has 1 rings (SSSR count). The van der Waals surface area contributed by atoms with Crippen LogP contribution in [0.1, 0.15) is 27.7 Å². The minimum Gasteiger partial charge on any atom is -0.374 e. The van der Waals surface area contributed by atoms with E-state index in [2.05, 4.69) is 29.4 Å². The van der Waals surface area contributed by atoms with Crippen molar-refractivity contribution in [3.63, 3.8) is 0 Å². The van der Waals surface area contributed by atoms with E-state index in [9.17, 15) is 4.79 Å². The van der Waals surface area contributed by atoms with E-state index >= 15 is 0 Å². The monoisotopic (exact) mass is 285 g/mol. The Kier molecular flexibility index (Phi) is 8.11. The molecule has 2 N–H and O–H groups in total. The molecule has 0 aromatic heterocycles. The minimum atomic E-state index is 0.0370. The second-order valence-corrected chi connectivity index (χ2v) is 6.29. The number of nitrogens with zero attached hydrogens (tertiary/aromatic N) is 1. The van der Waals surface area contributed by atoms with Crippen molar-refractivity contribution in [1.82, 2.24) is 15.5 Å². The van der Waals surface area contributed by atoms with Gasteiger partial charge in [0.05, 0.1) is 12.7 Å². The van der Waals surface area contributed by atoms with E-state index in [1.165, 1.54) is 0 Å². The standard InChI is InChI=1S/C15H31N3O2/c1-12(2)9-16-5-6-18-7-8-20-14(11-18)10-17-15(19)13(3)4/h12-14,16H,5-11H2,1-4H3,(H,17,19)/t14-/m0/s1. The van der Waals surface area contributed by atoms with Gasteiger partial charge in [-0.25, -0.2) is 0 Å². The van der Waals surface area contributed by atoms with Crippen molar-refractivity contribution in [2.75, 3.05) is 45.9 Å². The first-order valence-corrected chi connectivity index (χ1v) is 7.81. The van der Waals surface area contributed by atoms with Crippen LogP contribution >= 0.6 is 0 Å². The van der Waals surface area contributed by atoms with Gasteiger partial charge in [0.2, 0.25) is 5.91 Å². The lowest BCUT2D eigenvalue weighted by atomic mass is 10.2. The molecule has 1 heterocycles. The Labute approximate surface area is 123 Å². The van der Waals surface area contributed by atoms with Crippen LogP contribution in [0.25, 0.3) is 0 Å². The number of hydrogen-bond donors (Lipinski definition) is 2. The molecular weight excluding hydrogens is 254 g/mol. The van der Waals surface area contributed by atoms with Gasteiger partial charge < -0.3 is 15.4 Å². The maximum absolute atomic E-state index is 11.6. The number of rotatable bonds is 8. The third kappa shape index (κ3) is 7.22. The Balaban J connectivity index is 2.16. The summed E-state index contributed by atoms with van der Waals surface area (Å²) in [7, 11) is 0. The van der Waals surface area contributed by atoms with Gasteiger partial charge in [-0.15, -0.1) is 0 Å². The molecule has 0 aromatic rings. The van der Waals surface area contributed by atoms with Gasteiger partial charge in [0.1, 0.15) is 0 Å². The fourth-order valence-electron chi connectivity index (χ4n) is 2.15. The van der Waals surface area contributed by atoms with Gasteiger partial charge in [-0.1, -0.05) is 27.7 Å². The fraction of sp³-hybridized carbons (Fsp3) is 0.933. The molecular formula is C15H31N3O2. The number of ether oxygens (including phenoxy) is 1. The predicted molar refractivity (Wildman–Crippen MR) is 81.7 cm³/mol. The Morgan fingerprint density at radius 1 is 1.35 bits per heavy atom. The van der Waals surface area contributed by atoms with Crippen LogP contribution in [0, 0.1) is 11.8 Å². The second-order valence-electron chi connectivity index (χ2n) is 6.29. The van der Waals surface area contributed by atoms with Crippen LogP contribution in [0.15, 0.2) is 0 Å². The lowest BCUT2D eigenvalue weighted by molar-refractivity contribution is -0.125. The molecule has 0 unspecified atom stereocenters. The van der Waals surface area contributed by atoms with Crippen molar-refractivity contribution in [3.05, 3.63) is 0 Å². The van der Waals surface area contributed by atoms with Gasteiger partial charge in [0.15, 0.2) is 0 Å². The third-order valence-corrected chi connectivity index (χ3v) is 3.41. The van der Waals surface area contributed by atoms with Crippen LogP contribution in [0.3, 0.4) is 0 Å². The molecule has 0 saturated carbocycles. The van der Waals surface area contributed by atoms with E-state index < -0.39 is 0 Å². The van der Waals surface area contributed by atoms with E-state index in [0.29, 0.717) is 12.5 Å². The van der Waals surface area contributed by atoms with E-state index in [-0.39, 0.29) is 17.9 Å². The molecule has 1 fully saturated rings. The average molecular weight is 285 g/mol. The summed E-state index contributed by atoms with van der Waals surface area (Å²) < 4.78 is 5.71. The van der Waals surface area contributed by atoms with E-state index in [1.807, 2.05) is 13.8 Å². The highest BCUT2D eigenvalue weighted by Crippen LogP contribution is 2.04. The number of hydrogen-bond acceptors (Lipinski definition) is 4. The SMILES string of the molecule is CC(C)CNCCN1CCO[C@@H](CNC(=O)C(C)C)C1. The lowest BCUT2D eigenvalue weighted by Crippen LogP contribution is -2.49. The highest BCUT2D eigenvalue weighted by Gasteiger charge is 2.20. The number of carbonyl (C=O) groups is 1. The summed E-state index contributed by atoms with van der Waals surface area (Å²) in [5.41, 5.74) is 0. The fourth-order valence-corrected chi connectivity index (χ4v) is 2.15. The van der Waals surface area contributed by atoms with Gasteiger partial charge in [-0.3, -0.25) is 9.69 Å². The largest absolute Gasteiger partial charge is 0.374 e. The van der Waals surface area contributed by atoms with E-state index in [1.54, 1.807) is 0 Å². The third-order valence-electron chi connectivity index (χ3n) is 3.41. The second kappa shape index (κ2) is 9.32. The van der Waals surface area contributed by atoms with E-state index in [0.717, 1.165) is 39.3 Å². The van der Waals surface area contributed by atoms with Crippen LogP contribution in [0.5, 0.6) is 0 Å².